The first-order valence-electron chi connectivity index (χ1n) is 12.5. The number of aryl methyl sites for hydroxylation is 1. The van der Waals surface area contributed by atoms with Gasteiger partial charge >= 0.3 is 0 Å². The van der Waals surface area contributed by atoms with Crippen LogP contribution in [0.25, 0.3) is 10.9 Å². The van der Waals surface area contributed by atoms with Crippen LogP contribution >= 0.6 is 11.8 Å². The van der Waals surface area contributed by atoms with Crippen molar-refractivity contribution in [1.29, 1.82) is 0 Å². The van der Waals surface area contributed by atoms with Crippen LogP contribution in [-0.2, 0) is 0 Å². The fraction of sp³-hybridized carbons (Fsp3) is 0.464. The van der Waals surface area contributed by atoms with Gasteiger partial charge in [-0.2, -0.15) is 0 Å². The summed E-state index contributed by atoms with van der Waals surface area (Å²) >= 11 is 1.04. The summed E-state index contributed by atoms with van der Waals surface area (Å²) in [6, 6.07) is 7.02. The van der Waals surface area contributed by atoms with Crippen molar-refractivity contribution in [1.82, 2.24) is 9.88 Å². The minimum absolute atomic E-state index is 0.0399. The van der Waals surface area contributed by atoms with E-state index in [9.17, 15) is 23.4 Å². The SMILES string of the molecule is COc1ccc2ncc(C)c([C@H](O)CCC3(CO)CCN(CCSc4c(F)cc(F)cc4F)CC3)c2c1. The Morgan fingerprint density at radius 2 is 1.84 bits per heavy atom. The summed E-state index contributed by atoms with van der Waals surface area (Å²) in [5.41, 5.74) is 2.26. The fourth-order valence-corrected chi connectivity index (χ4v) is 6.08. The molecule has 1 aliphatic rings. The highest BCUT2D eigenvalue weighted by Crippen LogP contribution is 2.40. The van der Waals surface area contributed by atoms with Gasteiger partial charge in [-0.25, -0.2) is 13.2 Å². The predicted octanol–water partition coefficient (Wildman–Crippen LogP) is 5.65. The molecule has 2 N–H and O–H groups in total. The number of likely N-dealkylation sites (tertiary alicyclic amines) is 1. The Hall–Kier alpha value is -2.33. The average molecular weight is 535 g/mol. The minimum Gasteiger partial charge on any atom is -0.497 e. The Labute approximate surface area is 219 Å². The van der Waals surface area contributed by atoms with Crippen molar-refractivity contribution >= 4 is 22.7 Å². The van der Waals surface area contributed by atoms with Gasteiger partial charge in [-0.1, -0.05) is 0 Å². The van der Waals surface area contributed by atoms with Crippen LogP contribution in [0.5, 0.6) is 5.75 Å². The second-order valence-electron chi connectivity index (χ2n) is 9.84. The van der Waals surface area contributed by atoms with E-state index in [1.165, 1.54) is 0 Å². The molecule has 37 heavy (non-hydrogen) atoms. The number of rotatable bonds is 10. The fourth-order valence-electron chi connectivity index (χ4n) is 5.13. The summed E-state index contributed by atoms with van der Waals surface area (Å²) in [5.74, 6) is -1.50. The van der Waals surface area contributed by atoms with Crippen molar-refractivity contribution in [2.24, 2.45) is 5.41 Å². The van der Waals surface area contributed by atoms with E-state index in [1.807, 2.05) is 25.1 Å². The van der Waals surface area contributed by atoms with Crippen LogP contribution in [0.1, 0.15) is 42.9 Å². The van der Waals surface area contributed by atoms with Gasteiger partial charge in [0.05, 0.1) is 23.6 Å². The molecular formula is C28H33F3N2O3S. The third-order valence-corrected chi connectivity index (χ3v) is 8.53. The lowest BCUT2D eigenvalue weighted by molar-refractivity contribution is 0.0254. The van der Waals surface area contributed by atoms with E-state index in [1.54, 1.807) is 13.3 Å². The maximum atomic E-state index is 13.9. The molecule has 5 nitrogen and oxygen atoms in total. The van der Waals surface area contributed by atoms with Crippen molar-refractivity contribution in [3.8, 4) is 5.75 Å². The normalized spacial score (nSPS) is 16.7. The molecule has 0 aliphatic carbocycles. The molecule has 9 heteroatoms. The Bertz CT molecular complexity index is 1210. The first-order valence-corrected chi connectivity index (χ1v) is 13.5. The quantitative estimate of drug-likeness (QED) is 0.328. The minimum atomic E-state index is -0.923. The van der Waals surface area contributed by atoms with Gasteiger partial charge in [0.1, 0.15) is 23.2 Å². The summed E-state index contributed by atoms with van der Waals surface area (Å²) in [7, 11) is 1.61. The second kappa shape index (κ2) is 12.0. The molecule has 200 valence electrons. The highest BCUT2D eigenvalue weighted by Gasteiger charge is 2.34. The van der Waals surface area contributed by atoms with Gasteiger partial charge in [-0.15, -0.1) is 11.8 Å². The van der Waals surface area contributed by atoms with E-state index in [-0.39, 0.29) is 16.9 Å². The molecule has 1 atom stereocenters. The number of halogens is 3. The number of fused-ring (bicyclic) bond motifs is 1. The summed E-state index contributed by atoms with van der Waals surface area (Å²) in [6.45, 7) is 4.11. The van der Waals surface area contributed by atoms with Crippen molar-refractivity contribution in [3.05, 3.63) is 65.1 Å². The molecule has 0 unspecified atom stereocenters. The lowest BCUT2D eigenvalue weighted by atomic mass is 9.74. The van der Waals surface area contributed by atoms with Gasteiger partial charge in [-0.3, -0.25) is 4.98 Å². The third-order valence-electron chi connectivity index (χ3n) is 7.47. The van der Waals surface area contributed by atoms with Crippen molar-refractivity contribution in [3.63, 3.8) is 0 Å². The van der Waals surface area contributed by atoms with Crippen LogP contribution in [0.4, 0.5) is 13.2 Å². The number of piperidine rings is 1. The predicted molar refractivity (Wildman–Crippen MR) is 139 cm³/mol. The van der Waals surface area contributed by atoms with E-state index in [0.29, 0.717) is 43.0 Å². The molecule has 0 spiro atoms. The molecule has 0 radical (unpaired) electrons. The van der Waals surface area contributed by atoms with E-state index in [0.717, 1.165) is 59.7 Å². The third kappa shape index (κ3) is 6.39. The van der Waals surface area contributed by atoms with Crippen LogP contribution < -0.4 is 4.74 Å². The first-order chi connectivity index (χ1) is 17.7. The Morgan fingerprint density at radius 3 is 2.49 bits per heavy atom. The number of benzene rings is 2. The molecule has 1 saturated heterocycles. The zero-order valence-electron chi connectivity index (χ0n) is 21.1. The number of methoxy groups -OCH3 is 1. The number of aromatic nitrogens is 1. The molecule has 0 amide bonds. The zero-order chi connectivity index (χ0) is 26.6. The zero-order valence-corrected chi connectivity index (χ0v) is 22.0. The molecule has 3 aromatic rings. The van der Waals surface area contributed by atoms with Gasteiger partial charge in [0.2, 0.25) is 0 Å². The standard InChI is InChI=1S/C28H33F3N2O3S/c1-18-16-32-24-4-3-20(36-2)15-21(24)26(18)25(35)5-6-28(17-34)7-9-33(10-8-28)11-12-37-27-22(30)13-19(29)14-23(27)31/h3-4,13-16,25,34-35H,5-12,17H2,1-2H3/t25-/m1/s1. The number of hydrogen-bond donors (Lipinski definition) is 2. The summed E-state index contributed by atoms with van der Waals surface area (Å²) in [5, 5.41) is 22.3. The number of aliphatic hydroxyl groups excluding tert-OH is 2. The van der Waals surface area contributed by atoms with Crippen molar-refractivity contribution in [2.75, 3.05) is 39.1 Å². The van der Waals surface area contributed by atoms with Crippen LogP contribution in [0, 0.1) is 29.8 Å². The maximum absolute atomic E-state index is 13.9. The summed E-state index contributed by atoms with van der Waals surface area (Å²) in [4.78, 5) is 6.53. The van der Waals surface area contributed by atoms with Gasteiger partial charge in [-0.05, 0) is 80.4 Å². The van der Waals surface area contributed by atoms with Gasteiger partial charge in [0.15, 0.2) is 0 Å². The van der Waals surface area contributed by atoms with E-state index in [2.05, 4.69) is 9.88 Å². The number of ether oxygens (including phenoxy) is 1. The van der Waals surface area contributed by atoms with Crippen LogP contribution in [0.3, 0.4) is 0 Å². The highest BCUT2D eigenvalue weighted by molar-refractivity contribution is 7.99. The number of nitrogens with zero attached hydrogens (tertiary/aromatic N) is 2. The summed E-state index contributed by atoms with van der Waals surface area (Å²) in [6.07, 6.45) is 3.79. The largest absolute Gasteiger partial charge is 0.497 e. The number of aliphatic hydroxyl groups is 2. The molecule has 2 aromatic carbocycles. The van der Waals surface area contributed by atoms with Gasteiger partial charge in [0.25, 0.3) is 0 Å². The molecular weight excluding hydrogens is 501 g/mol. The van der Waals surface area contributed by atoms with Crippen LogP contribution in [-0.4, -0.2) is 59.2 Å². The highest BCUT2D eigenvalue weighted by atomic mass is 32.2. The second-order valence-corrected chi connectivity index (χ2v) is 10.9. The van der Waals surface area contributed by atoms with E-state index < -0.39 is 23.6 Å². The Balaban J connectivity index is 1.33. The molecule has 1 aliphatic heterocycles. The molecule has 0 bridgehead atoms. The number of pyridine rings is 1. The van der Waals surface area contributed by atoms with Gasteiger partial charge < -0.3 is 19.8 Å². The first kappa shape index (κ1) is 27.7. The smallest absolute Gasteiger partial charge is 0.142 e. The van der Waals surface area contributed by atoms with Gasteiger partial charge in [0, 0.05) is 42.6 Å². The Morgan fingerprint density at radius 1 is 1.14 bits per heavy atom. The number of thioether (sulfide) groups is 1. The van der Waals surface area contributed by atoms with Crippen LogP contribution in [0.15, 0.2) is 41.4 Å². The van der Waals surface area contributed by atoms with E-state index in [4.69, 9.17) is 4.74 Å². The topological polar surface area (TPSA) is 65.8 Å². The van der Waals surface area contributed by atoms with Crippen molar-refractivity contribution in [2.45, 2.75) is 43.6 Å². The summed E-state index contributed by atoms with van der Waals surface area (Å²) < 4.78 is 46.2. The number of hydrogen-bond acceptors (Lipinski definition) is 6. The van der Waals surface area contributed by atoms with Crippen LogP contribution in [0.2, 0.25) is 0 Å². The lowest BCUT2D eigenvalue weighted by Crippen LogP contribution is -2.43. The van der Waals surface area contributed by atoms with E-state index >= 15 is 0 Å². The molecule has 0 saturated carbocycles. The lowest BCUT2D eigenvalue weighted by Gasteiger charge is -2.41. The molecule has 4 rings (SSSR count). The van der Waals surface area contributed by atoms with Crippen molar-refractivity contribution < 1.29 is 28.1 Å². The Kier molecular flexibility index (Phi) is 9.00. The molecule has 1 fully saturated rings. The monoisotopic (exact) mass is 534 g/mol. The average Bonchev–Trinajstić information content (AvgIpc) is 2.89. The molecule has 1 aromatic heterocycles. The maximum Gasteiger partial charge on any atom is 0.142 e. The molecule has 2 heterocycles.